The predicted octanol–water partition coefficient (Wildman–Crippen LogP) is 0.991. The Kier molecular flexibility index (Phi) is 4.84. The van der Waals surface area contributed by atoms with Crippen molar-refractivity contribution in [3.05, 3.63) is 39.9 Å². The Labute approximate surface area is 128 Å². The summed E-state index contributed by atoms with van der Waals surface area (Å²) in [5.41, 5.74) is 0.574. The summed E-state index contributed by atoms with van der Waals surface area (Å²) in [6.07, 6.45) is 1.08. The van der Waals surface area contributed by atoms with Crippen molar-refractivity contribution in [2.75, 3.05) is 0 Å². The molecule has 0 unspecified atom stereocenters. The first-order valence-corrected chi connectivity index (χ1v) is 6.88. The van der Waals surface area contributed by atoms with Crippen LogP contribution in [0.2, 0.25) is 0 Å². The second-order valence-electron chi connectivity index (χ2n) is 4.19. The Morgan fingerprint density at radius 3 is 2.73 bits per heavy atom. The van der Waals surface area contributed by atoms with Crippen LogP contribution in [0.4, 0.5) is 5.69 Å². The normalized spacial score (nSPS) is 19.5. The number of benzene rings is 1. The third kappa shape index (κ3) is 4.12. The van der Waals surface area contributed by atoms with Crippen molar-refractivity contribution in [3.8, 4) is 0 Å². The molecular formula is C12H10N4O5S. The number of amides is 1. The Morgan fingerprint density at radius 1 is 1.45 bits per heavy atom. The number of aliphatic carboxylic acids is 1. The van der Waals surface area contributed by atoms with E-state index in [2.05, 4.69) is 15.5 Å². The third-order valence-electron chi connectivity index (χ3n) is 2.60. The van der Waals surface area contributed by atoms with Gasteiger partial charge in [0.25, 0.3) is 5.69 Å². The number of nitro groups is 1. The quantitative estimate of drug-likeness (QED) is 0.471. The topological polar surface area (TPSA) is 134 Å². The summed E-state index contributed by atoms with van der Waals surface area (Å²) in [6, 6.07) is 5.69. The fraction of sp³-hybridized carbons (Fsp3) is 0.167. The van der Waals surface area contributed by atoms with Gasteiger partial charge in [-0.1, -0.05) is 11.8 Å². The molecule has 0 aliphatic carbocycles. The Hall–Kier alpha value is -2.75. The van der Waals surface area contributed by atoms with Gasteiger partial charge in [0.2, 0.25) is 5.91 Å². The van der Waals surface area contributed by atoms with E-state index in [1.807, 2.05) is 0 Å². The fourth-order valence-corrected chi connectivity index (χ4v) is 2.49. The molecular weight excluding hydrogens is 312 g/mol. The summed E-state index contributed by atoms with van der Waals surface area (Å²) in [5, 5.41) is 28.6. The summed E-state index contributed by atoms with van der Waals surface area (Å²) in [5.74, 6) is -1.49. The molecule has 114 valence electrons. The number of carboxylic acid groups (broad SMARTS) is 1. The number of nitro benzene ring substituents is 1. The Bertz CT molecular complexity index is 671. The van der Waals surface area contributed by atoms with E-state index in [0.717, 1.165) is 11.8 Å². The van der Waals surface area contributed by atoms with E-state index >= 15 is 0 Å². The van der Waals surface area contributed by atoms with Crippen LogP contribution >= 0.6 is 11.8 Å². The molecule has 1 aromatic rings. The maximum absolute atomic E-state index is 11.5. The van der Waals surface area contributed by atoms with Crippen LogP contribution in [-0.2, 0) is 9.59 Å². The number of carboxylic acids is 1. The molecule has 0 spiro atoms. The number of nitrogens with zero attached hydrogens (tertiary/aromatic N) is 3. The van der Waals surface area contributed by atoms with Crippen LogP contribution in [0.3, 0.4) is 0 Å². The first-order chi connectivity index (χ1) is 10.5. The van der Waals surface area contributed by atoms with E-state index in [1.54, 1.807) is 0 Å². The number of non-ortho nitro benzene ring substituents is 1. The number of hydrogen-bond acceptors (Lipinski definition) is 7. The van der Waals surface area contributed by atoms with Gasteiger partial charge < -0.3 is 10.4 Å². The number of carbonyl (C=O) groups is 2. The molecule has 1 amide bonds. The van der Waals surface area contributed by atoms with Gasteiger partial charge in [-0.15, -0.1) is 5.10 Å². The van der Waals surface area contributed by atoms with E-state index in [9.17, 15) is 19.7 Å². The van der Waals surface area contributed by atoms with Crippen molar-refractivity contribution in [2.24, 2.45) is 10.2 Å². The number of nitrogens with one attached hydrogen (secondary N) is 1. The minimum Gasteiger partial charge on any atom is -0.481 e. The zero-order chi connectivity index (χ0) is 16.1. The molecule has 22 heavy (non-hydrogen) atoms. The van der Waals surface area contributed by atoms with Crippen LogP contribution in [0.1, 0.15) is 12.0 Å². The van der Waals surface area contributed by atoms with Gasteiger partial charge in [-0.3, -0.25) is 19.7 Å². The second kappa shape index (κ2) is 6.80. The molecule has 1 heterocycles. The zero-order valence-electron chi connectivity index (χ0n) is 11.0. The summed E-state index contributed by atoms with van der Waals surface area (Å²) >= 11 is 0.994. The van der Waals surface area contributed by atoms with Crippen molar-refractivity contribution in [1.82, 2.24) is 5.32 Å². The molecule has 0 aromatic heterocycles. The number of amidine groups is 1. The van der Waals surface area contributed by atoms with E-state index < -0.39 is 22.0 Å². The molecule has 1 aliphatic rings. The molecule has 0 bridgehead atoms. The summed E-state index contributed by atoms with van der Waals surface area (Å²) in [4.78, 5) is 32.0. The van der Waals surface area contributed by atoms with Crippen LogP contribution < -0.4 is 5.32 Å². The summed E-state index contributed by atoms with van der Waals surface area (Å²) < 4.78 is 0. The SMILES string of the molecule is O=C(O)C[C@@H]1S/C(=N\N=C/c2ccc([N+](=O)[O-])cc2)NC1=O. The maximum atomic E-state index is 11.5. The predicted molar refractivity (Wildman–Crippen MR) is 79.9 cm³/mol. The summed E-state index contributed by atoms with van der Waals surface area (Å²) in [6.45, 7) is 0. The van der Waals surface area contributed by atoms with Crippen LogP contribution in [0.5, 0.6) is 0 Å². The highest BCUT2D eigenvalue weighted by molar-refractivity contribution is 8.15. The first-order valence-electron chi connectivity index (χ1n) is 6.00. The van der Waals surface area contributed by atoms with Gasteiger partial charge in [0.15, 0.2) is 5.17 Å². The minimum absolute atomic E-state index is 0.0291. The van der Waals surface area contributed by atoms with Gasteiger partial charge in [0.05, 0.1) is 17.6 Å². The molecule has 1 aliphatic heterocycles. The van der Waals surface area contributed by atoms with E-state index in [-0.39, 0.29) is 17.3 Å². The second-order valence-corrected chi connectivity index (χ2v) is 5.38. The maximum Gasteiger partial charge on any atom is 0.305 e. The van der Waals surface area contributed by atoms with Crippen molar-refractivity contribution in [2.45, 2.75) is 11.7 Å². The molecule has 1 saturated heterocycles. The van der Waals surface area contributed by atoms with Crippen LogP contribution in [0.25, 0.3) is 0 Å². The average molecular weight is 322 g/mol. The van der Waals surface area contributed by atoms with Gasteiger partial charge in [-0.25, -0.2) is 0 Å². The first kappa shape index (κ1) is 15.6. The average Bonchev–Trinajstić information content (AvgIpc) is 2.79. The Balaban J connectivity index is 1.98. The highest BCUT2D eigenvalue weighted by Gasteiger charge is 2.32. The lowest BCUT2D eigenvalue weighted by Crippen LogP contribution is -2.26. The Morgan fingerprint density at radius 2 is 2.14 bits per heavy atom. The van der Waals surface area contributed by atoms with E-state index in [1.165, 1.54) is 30.5 Å². The molecule has 0 saturated carbocycles. The summed E-state index contributed by atoms with van der Waals surface area (Å²) in [7, 11) is 0. The van der Waals surface area contributed by atoms with E-state index in [4.69, 9.17) is 5.11 Å². The van der Waals surface area contributed by atoms with Gasteiger partial charge in [-0.2, -0.15) is 5.10 Å². The van der Waals surface area contributed by atoms with Crippen LogP contribution in [0.15, 0.2) is 34.5 Å². The third-order valence-corrected chi connectivity index (χ3v) is 3.67. The highest BCUT2D eigenvalue weighted by atomic mass is 32.2. The number of hydrogen-bond donors (Lipinski definition) is 2. The molecule has 0 radical (unpaired) electrons. The lowest BCUT2D eigenvalue weighted by Gasteiger charge is -1.97. The molecule has 1 aromatic carbocycles. The molecule has 1 atom stereocenters. The lowest BCUT2D eigenvalue weighted by molar-refractivity contribution is -0.384. The van der Waals surface area contributed by atoms with Crippen LogP contribution in [0, 0.1) is 10.1 Å². The van der Waals surface area contributed by atoms with Crippen molar-refractivity contribution in [3.63, 3.8) is 0 Å². The van der Waals surface area contributed by atoms with Gasteiger partial charge in [0.1, 0.15) is 5.25 Å². The lowest BCUT2D eigenvalue weighted by atomic mass is 10.2. The van der Waals surface area contributed by atoms with Gasteiger partial charge in [-0.05, 0) is 17.7 Å². The molecule has 2 N–H and O–H groups in total. The molecule has 10 heteroatoms. The van der Waals surface area contributed by atoms with Crippen molar-refractivity contribution < 1.29 is 19.6 Å². The molecule has 9 nitrogen and oxygen atoms in total. The smallest absolute Gasteiger partial charge is 0.305 e. The van der Waals surface area contributed by atoms with Crippen molar-refractivity contribution >= 4 is 40.7 Å². The van der Waals surface area contributed by atoms with Gasteiger partial charge in [0, 0.05) is 12.1 Å². The standard InChI is InChI=1S/C12H10N4O5S/c17-10(18)5-9-11(19)14-12(22-9)15-13-6-7-1-3-8(4-2-7)16(20)21/h1-4,6,9H,5H2,(H,17,18)(H,14,15,19)/b13-6-/t9-/m0/s1. The number of carbonyl (C=O) groups excluding carboxylic acids is 1. The highest BCUT2D eigenvalue weighted by Crippen LogP contribution is 2.22. The number of rotatable bonds is 5. The van der Waals surface area contributed by atoms with Gasteiger partial charge >= 0.3 is 5.97 Å². The zero-order valence-corrected chi connectivity index (χ0v) is 11.8. The molecule has 1 fully saturated rings. The van der Waals surface area contributed by atoms with E-state index in [0.29, 0.717) is 5.56 Å². The van der Waals surface area contributed by atoms with Crippen molar-refractivity contribution in [1.29, 1.82) is 0 Å². The largest absolute Gasteiger partial charge is 0.481 e. The monoisotopic (exact) mass is 322 g/mol. The number of thioether (sulfide) groups is 1. The van der Waals surface area contributed by atoms with Crippen LogP contribution in [-0.4, -0.2) is 38.5 Å². The minimum atomic E-state index is -1.07. The fourth-order valence-electron chi connectivity index (χ4n) is 1.58. The molecule has 2 rings (SSSR count).